The molecule has 1 heterocycles. The van der Waals surface area contributed by atoms with Crippen molar-refractivity contribution in [1.82, 2.24) is 4.90 Å². The van der Waals surface area contributed by atoms with E-state index in [1.807, 2.05) is 12.1 Å². The van der Waals surface area contributed by atoms with Gasteiger partial charge >= 0.3 is 12.1 Å². The van der Waals surface area contributed by atoms with E-state index in [0.29, 0.717) is 15.6 Å². The van der Waals surface area contributed by atoms with Crippen molar-refractivity contribution in [2.24, 2.45) is 0 Å². The van der Waals surface area contributed by atoms with Crippen LogP contribution < -0.4 is 5.32 Å². The fraction of sp³-hybridized carbons (Fsp3) is 0.235. The minimum Gasteiger partial charge on any atom is -0.465 e. The number of anilines is 1. The van der Waals surface area contributed by atoms with E-state index >= 15 is 0 Å². The van der Waals surface area contributed by atoms with Crippen LogP contribution in [0.25, 0.3) is 10.4 Å². The van der Waals surface area contributed by atoms with Crippen LogP contribution in [0.4, 0.5) is 10.5 Å². The van der Waals surface area contributed by atoms with Crippen molar-refractivity contribution in [2.45, 2.75) is 0 Å². The van der Waals surface area contributed by atoms with Crippen molar-refractivity contribution >= 4 is 46.6 Å². The highest BCUT2D eigenvalue weighted by Gasteiger charge is 2.21. The van der Waals surface area contributed by atoms with Crippen LogP contribution in [0.2, 0.25) is 5.02 Å². The number of ether oxygens (including phenoxy) is 2. The van der Waals surface area contributed by atoms with Gasteiger partial charge in [-0.15, -0.1) is 11.3 Å². The first kappa shape index (κ1) is 19.7. The lowest BCUT2D eigenvalue weighted by molar-refractivity contribution is -0.116. The number of nitrogens with one attached hydrogen (secondary N) is 1. The molecule has 138 valence electrons. The summed E-state index contributed by atoms with van der Waals surface area (Å²) in [6, 6.07) is 8.81. The van der Waals surface area contributed by atoms with Crippen molar-refractivity contribution in [1.29, 1.82) is 0 Å². The second kappa shape index (κ2) is 8.68. The van der Waals surface area contributed by atoms with E-state index in [2.05, 4.69) is 10.1 Å². The maximum Gasteiger partial charge on any atom is 0.409 e. The predicted octanol–water partition coefficient (Wildman–Crippen LogP) is 3.49. The van der Waals surface area contributed by atoms with E-state index in [0.717, 1.165) is 21.8 Å². The number of likely N-dealkylation sites (N-methyl/N-ethyl adjacent to an activating group) is 1. The molecule has 2 amide bonds. The van der Waals surface area contributed by atoms with Crippen LogP contribution in [0, 0.1) is 0 Å². The molecule has 0 spiro atoms. The van der Waals surface area contributed by atoms with E-state index in [4.69, 9.17) is 16.3 Å². The molecular formula is C17H17ClN2O5S. The average molecular weight is 397 g/mol. The molecule has 0 fully saturated rings. The Bertz CT molecular complexity index is 836. The predicted molar refractivity (Wildman–Crippen MR) is 99.8 cm³/mol. The first-order valence-corrected chi connectivity index (χ1v) is 8.62. The number of amides is 2. The van der Waals surface area contributed by atoms with Crippen LogP contribution >= 0.6 is 22.9 Å². The summed E-state index contributed by atoms with van der Waals surface area (Å²) in [5, 5.41) is 3.15. The van der Waals surface area contributed by atoms with E-state index < -0.39 is 18.0 Å². The van der Waals surface area contributed by atoms with Gasteiger partial charge in [0.15, 0.2) is 0 Å². The number of carbonyl (C=O) groups excluding carboxylic acids is 3. The molecule has 7 nitrogen and oxygen atoms in total. The van der Waals surface area contributed by atoms with Gasteiger partial charge in [0.05, 0.1) is 19.9 Å². The maximum atomic E-state index is 12.2. The molecule has 0 aliphatic heterocycles. The van der Waals surface area contributed by atoms with Crippen LogP contribution in [0.3, 0.4) is 0 Å². The highest BCUT2D eigenvalue weighted by atomic mass is 35.5. The molecule has 1 aromatic heterocycles. The van der Waals surface area contributed by atoms with Crippen molar-refractivity contribution < 1.29 is 23.9 Å². The molecule has 26 heavy (non-hydrogen) atoms. The number of carbonyl (C=O) groups is 3. The third-order valence-corrected chi connectivity index (χ3v) is 4.86. The Kier molecular flexibility index (Phi) is 6.59. The lowest BCUT2D eigenvalue weighted by Gasteiger charge is -2.14. The van der Waals surface area contributed by atoms with Gasteiger partial charge in [0.1, 0.15) is 11.4 Å². The standard InChI is InChI=1S/C17H17ClN2O5S/c1-20(17(23)25-3)9-14(21)19-12-8-13(26-15(12)16(22)24-2)10-6-4-5-7-11(10)18/h4-8H,9H2,1-3H3,(H,19,21). The zero-order chi connectivity index (χ0) is 19.3. The van der Waals surface area contributed by atoms with Gasteiger partial charge < -0.3 is 19.7 Å². The summed E-state index contributed by atoms with van der Waals surface area (Å²) in [6.45, 7) is -0.232. The summed E-state index contributed by atoms with van der Waals surface area (Å²) < 4.78 is 9.32. The highest BCUT2D eigenvalue weighted by molar-refractivity contribution is 7.18. The Morgan fingerprint density at radius 1 is 1.19 bits per heavy atom. The van der Waals surface area contributed by atoms with Gasteiger partial charge in [0.2, 0.25) is 5.91 Å². The monoisotopic (exact) mass is 396 g/mol. The third-order valence-electron chi connectivity index (χ3n) is 3.38. The first-order chi connectivity index (χ1) is 12.4. The average Bonchev–Trinajstić information content (AvgIpc) is 3.03. The van der Waals surface area contributed by atoms with E-state index in [-0.39, 0.29) is 11.4 Å². The topological polar surface area (TPSA) is 84.9 Å². The van der Waals surface area contributed by atoms with Crippen LogP contribution in [0.5, 0.6) is 0 Å². The molecule has 2 aromatic rings. The van der Waals surface area contributed by atoms with Gasteiger partial charge in [-0.05, 0) is 12.1 Å². The number of esters is 1. The molecular weight excluding hydrogens is 380 g/mol. The maximum absolute atomic E-state index is 12.2. The molecule has 9 heteroatoms. The Hall–Kier alpha value is -2.58. The minimum atomic E-state index is -0.643. The minimum absolute atomic E-state index is 0.232. The molecule has 0 unspecified atom stereocenters. The molecule has 0 saturated heterocycles. The van der Waals surface area contributed by atoms with Crippen LogP contribution in [0.1, 0.15) is 9.67 Å². The van der Waals surface area contributed by atoms with Crippen molar-refractivity contribution in [2.75, 3.05) is 33.1 Å². The smallest absolute Gasteiger partial charge is 0.409 e. The van der Waals surface area contributed by atoms with E-state index in [9.17, 15) is 14.4 Å². The first-order valence-electron chi connectivity index (χ1n) is 7.43. The van der Waals surface area contributed by atoms with Crippen molar-refractivity contribution in [3.8, 4) is 10.4 Å². The number of rotatable bonds is 5. The lowest BCUT2D eigenvalue weighted by Crippen LogP contribution is -2.34. The van der Waals surface area contributed by atoms with Gasteiger partial charge in [-0.3, -0.25) is 4.79 Å². The fourth-order valence-electron chi connectivity index (χ4n) is 2.15. The zero-order valence-corrected chi connectivity index (χ0v) is 15.9. The molecule has 0 aliphatic rings. The quantitative estimate of drug-likeness (QED) is 0.782. The van der Waals surface area contributed by atoms with Gasteiger partial charge in [-0.2, -0.15) is 0 Å². The largest absolute Gasteiger partial charge is 0.465 e. The van der Waals surface area contributed by atoms with Crippen LogP contribution in [0.15, 0.2) is 30.3 Å². The Labute approximate surface area is 159 Å². The number of benzene rings is 1. The lowest BCUT2D eigenvalue weighted by atomic mass is 10.2. The second-order valence-corrected chi connectivity index (χ2v) is 6.66. The number of thiophene rings is 1. The van der Waals surface area contributed by atoms with Gasteiger partial charge in [0.25, 0.3) is 0 Å². The van der Waals surface area contributed by atoms with Crippen molar-refractivity contribution in [3.05, 3.63) is 40.2 Å². The van der Waals surface area contributed by atoms with Gasteiger partial charge in [-0.25, -0.2) is 9.59 Å². The van der Waals surface area contributed by atoms with E-state index in [1.165, 1.54) is 21.3 Å². The number of hydrogen-bond acceptors (Lipinski definition) is 6. The number of hydrogen-bond donors (Lipinski definition) is 1. The second-order valence-electron chi connectivity index (χ2n) is 5.20. The third kappa shape index (κ3) is 4.53. The van der Waals surface area contributed by atoms with Crippen LogP contribution in [-0.2, 0) is 14.3 Å². The Balaban J connectivity index is 2.29. The van der Waals surface area contributed by atoms with Crippen LogP contribution in [-0.4, -0.2) is 50.7 Å². The zero-order valence-electron chi connectivity index (χ0n) is 14.4. The SMILES string of the molecule is COC(=O)c1sc(-c2ccccc2Cl)cc1NC(=O)CN(C)C(=O)OC. The Morgan fingerprint density at radius 2 is 1.88 bits per heavy atom. The number of halogens is 1. The van der Waals surface area contributed by atoms with Gasteiger partial charge in [-0.1, -0.05) is 29.8 Å². The molecule has 0 bridgehead atoms. The molecule has 0 saturated carbocycles. The summed E-state index contributed by atoms with van der Waals surface area (Å²) >= 11 is 7.36. The number of nitrogens with zero attached hydrogens (tertiary/aromatic N) is 1. The molecule has 1 N–H and O–H groups in total. The van der Waals surface area contributed by atoms with Crippen molar-refractivity contribution in [3.63, 3.8) is 0 Å². The normalized spacial score (nSPS) is 10.2. The highest BCUT2D eigenvalue weighted by Crippen LogP contribution is 2.38. The summed E-state index contributed by atoms with van der Waals surface area (Å²) in [4.78, 5) is 37.7. The molecule has 1 aromatic carbocycles. The summed E-state index contributed by atoms with van der Waals surface area (Å²) in [5.41, 5.74) is 1.02. The summed E-state index contributed by atoms with van der Waals surface area (Å²) in [6.07, 6.45) is -0.643. The number of methoxy groups -OCH3 is 2. The molecule has 0 aliphatic carbocycles. The molecule has 0 atom stereocenters. The summed E-state index contributed by atoms with van der Waals surface area (Å²) in [5.74, 6) is -1.06. The van der Waals surface area contributed by atoms with E-state index in [1.54, 1.807) is 18.2 Å². The Morgan fingerprint density at radius 3 is 2.50 bits per heavy atom. The fourth-order valence-corrected chi connectivity index (χ4v) is 3.51. The molecule has 0 radical (unpaired) electrons. The van der Waals surface area contributed by atoms with Gasteiger partial charge in [0, 0.05) is 22.5 Å². The summed E-state index contributed by atoms with van der Waals surface area (Å²) in [7, 11) is 3.91. The molecule has 2 rings (SSSR count).